The molecule has 0 radical (unpaired) electrons. The molecular weight excluding hydrogens is 736 g/mol. The van der Waals surface area contributed by atoms with Crippen LogP contribution in [0.5, 0.6) is 11.5 Å². The van der Waals surface area contributed by atoms with Gasteiger partial charge in [-0.1, -0.05) is 0 Å². The van der Waals surface area contributed by atoms with Crippen molar-refractivity contribution < 1.29 is 69.4 Å². The van der Waals surface area contributed by atoms with Crippen LogP contribution in [0.15, 0.2) is 107 Å². The number of carbonyl (C=O) groups is 2. The number of benzene rings is 4. The zero-order valence-electron chi connectivity index (χ0n) is 29.3. The number of carbonyl (C=O) groups excluding carboxylic acids is 2. The molecule has 0 unspecified atom stereocenters. The minimum atomic E-state index is -1.58. The van der Waals surface area contributed by atoms with Crippen molar-refractivity contribution in [3.05, 3.63) is 108 Å². The Labute approximate surface area is 318 Å². The third kappa shape index (κ3) is 9.52. The Morgan fingerprint density at radius 2 is 0.839 bits per heavy atom. The van der Waals surface area contributed by atoms with Crippen molar-refractivity contribution in [2.24, 2.45) is 10.2 Å². The quantitative estimate of drug-likeness (QED) is 0.0898. The predicted molar refractivity (Wildman–Crippen MR) is 195 cm³/mol. The van der Waals surface area contributed by atoms with Gasteiger partial charge in [0.05, 0.1) is 24.6 Å². The third-order valence-electron chi connectivity index (χ3n) is 8.97. The first-order valence-electron chi connectivity index (χ1n) is 17.3. The zero-order chi connectivity index (χ0) is 39.9. The highest BCUT2D eigenvalue weighted by atomic mass is 16.7. The molecule has 0 aliphatic carbocycles. The van der Waals surface area contributed by atoms with Crippen molar-refractivity contribution in [2.75, 3.05) is 23.8 Å². The molecule has 2 aliphatic heterocycles. The lowest BCUT2D eigenvalue weighted by atomic mass is 9.99. The number of aliphatic hydroxyl groups excluding tert-OH is 8. The maximum Gasteiger partial charge on any atom is 0.255 e. The molecule has 4 aromatic carbocycles. The maximum atomic E-state index is 12.8. The Bertz CT molecular complexity index is 1800. The summed E-state index contributed by atoms with van der Waals surface area (Å²) in [4.78, 5) is 25.7. The first-order valence-corrected chi connectivity index (χ1v) is 17.3. The van der Waals surface area contributed by atoms with Crippen molar-refractivity contribution in [2.45, 2.75) is 61.4 Å². The lowest BCUT2D eigenvalue weighted by Gasteiger charge is -2.39. The van der Waals surface area contributed by atoms with Crippen LogP contribution in [-0.2, 0) is 9.47 Å². The van der Waals surface area contributed by atoms with Crippen molar-refractivity contribution in [3.8, 4) is 11.5 Å². The summed E-state index contributed by atoms with van der Waals surface area (Å²) in [5.74, 6) is -0.313. The summed E-state index contributed by atoms with van der Waals surface area (Å²) in [7, 11) is 0. The molecule has 0 saturated carbocycles. The second-order valence-electron chi connectivity index (χ2n) is 12.9. The van der Waals surface area contributed by atoms with Gasteiger partial charge in [0.25, 0.3) is 11.8 Å². The summed E-state index contributed by atoms with van der Waals surface area (Å²) < 4.78 is 21.8. The Hall–Kier alpha value is -5.38. The van der Waals surface area contributed by atoms with Crippen LogP contribution in [0.3, 0.4) is 0 Å². The standard InChI is InChI=1S/C38H40N4O14/c43-17-27-29(45)31(47)33(49)37(55-27)53-25-13-9-21(10-14-25)39-35(51)19-1-5-23(6-2-19)41-42-24-7-3-20(4-8-24)36(52)40-22-11-15-26(16-12-22)54-38-34(50)32(48)30(46)28(18-44)56-38/h1-16,27-34,37-38,43-50H,17-18H2,(H,39,51)(H,40,52)/t27-,28-,29+,30+,31+,32+,33-,34-,37+,38+/m1/s1. The van der Waals surface area contributed by atoms with E-state index in [0.717, 1.165) is 0 Å². The third-order valence-corrected chi connectivity index (χ3v) is 8.97. The summed E-state index contributed by atoms with van der Waals surface area (Å²) in [6, 6.07) is 25.0. The van der Waals surface area contributed by atoms with Gasteiger partial charge >= 0.3 is 0 Å². The largest absolute Gasteiger partial charge is 0.462 e. The van der Waals surface area contributed by atoms with Gasteiger partial charge in [0, 0.05) is 22.5 Å². The smallest absolute Gasteiger partial charge is 0.255 e. The van der Waals surface area contributed by atoms with Crippen molar-refractivity contribution in [3.63, 3.8) is 0 Å². The highest BCUT2D eigenvalue weighted by Gasteiger charge is 2.45. The van der Waals surface area contributed by atoms with Gasteiger partial charge in [-0.2, -0.15) is 10.2 Å². The number of amides is 2. The Kier molecular flexibility index (Phi) is 13.0. The molecule has 2 amide bonds. The molecule has 10 atom stereocenters. The molecule has 2 fully saturated rings. The van der Waals surface area contributed by atoms with Crippen LogP contribution in [0.1, 0.15) is 20.7 Å². The van der Waals surface area contributed by atoms with Crippen molar-refractivity contribution in [1.29, 1.82) is 0 Å². The zero-order valence-corrected chi connectivity index (χ0v) is 29.3. The fraction of sp³-hybridized carbons (Fsp3) is 0.316. The fourth-order valence-electron chi connectivity index (χ4n) is 5.71. The normalized spacial score (nSPS) is 27.7. The van der Waals surface area contributed by atoms with Gasteiger partial charge in [0.2, 0.25) is 12.6 Å². The number of hydrogen-bond acceptors (Lipinski definition) is 16. The fourth-order valence-corrected chi connectivity index (χ4v) is 5.71. The van der Waals surface area contributed by atoms with E-state index in [-0.39, 0.29) is 11.5 Å². The van der Waals surface area contributed by atoms with Crippen LogP contribution < -0.4 is 20.1 Å². The molecule has 10 N–H and O–H groups in total. The number of anilines is 2. The van der Waals surface area contributed by atoms with E-state index in [1.165, 1.54) is 24.3 Å². The molecule has 4 aromatic rings. The summed E-state index contributed by atoms with van der Waals surface area (Å²) >= 11 is 0. The van der Waals surface area contributed by atoms with Gasteiger partial charge in [-0.25, -0.2) is 0 Å². The Balaban J connectivity index is 0.963. The number of hydrogen-bond donors (Lipinski definition) is 10. The predicted octanol–water partition coefficient (Wildman–Crippen LogP) is 0.964. The van der Waals surface area contributed by atoms with Crippen molar-refractivity contribution >= 4 is 34.6 Å². The second kappa shape index (κ2) is 18.0. The molecule has 296 valence electrons. The van der Waals surface area contributed by atoms with E-state index in [1.54, 1.807) is 72.8 Å². The van der Waals surface area contributed by atoms with Gasteiger partial charge in [-0.15, -0.1) is 0 Å². The number of azo groups is 1. The van der Waals surface area contributed by atoms with E-state index in [1.807, 2.05) is 0 Å². The first-order chi connectivity index (χ1) is 26.9. The van der Waals surface area contributed by atoms with Gasteiger partial charge < -0.3 is 70.4 Å². The summed E-state index contributed by atoms with van der Waals surface area (Å²) in [5, 5.41) is 92.7. The number of ether oxygens (including phenoxy) is 4. The molecule has 2 aliphatic rings. The van der Waals surface area contributed by atoms with Crippen LogP contribution in [0.25, 0.3) is 0 Å². The van der Waals surface area contributed by atoms with Crippen LogP contribution >= 0.6 is 0 Å². The molecular formula is C38H40N4O14. The minimum absolute atomic E-state index is 0.244. The maximum absolute atomic E-state index is 12.8. The second-order valence-corrected chi connectivity index (χ2v) is 12.9. The first kappa shape index (κ1) is 40.3. The van der Waals surface area contributed by atoms with Crippen LogP contribution in [0.2, 0.25) is 0 Å². The SMILES string of the molecule is O=C(Nc1ccc(O[C@H]2O[C@H](CO)[C@H](O)[C@H](O)[C@H]2O)cc1)c1ccc(N=Nc2ccc(C(=O)Nc3ccc(O[C@H]4O[C@H](CO)[C@H](O)[C@H](O)[C@H]4O)cc3)cc2)cc1. The van der Waals surface area contributed by atoms with E-state index < -0.39 is 86.4 Å². The molecule has 18 heteroatoms. The van der Waals surface area contributed by atoms with E-state index in [4.69, 9.17) is 18.9 Å². The van der Waals surface area contributed by atoms with Gasteiger partial charge in [0.15, 0.2) is 0 Å². The van der Waals surface area contributed by atoms with Crippen molar-refractivity contribution in [1.82, 2.24) is 0 Å². The lowest BCUT2D eigenvalue weighted by molar-refractivity contribution is -0.277. The molecule has 6 rings (SSSR count). The average Bonchev–Trinajstić information content (AvgIpc) is 3.22. The van der Waals surface area contributed by atoms with Crippen LogP contribution in [0.4, 0.5) is 22.7 Å². The summed E-state index contributed by atoms with van der Waals surface area (Å²) in [6.45, 7) is -1.17. The average molecular weight is 777 g/mol. The lowest BCUT2D eigenvalue weighted by Crippen LogP contribution is -2.60. The van der Waals surface area contributed by atoms with E-state index >= 15 is 0 Å². The molecule has 0 aromatic heterocycles. The monoisotopic (exact) mass is 776 g/mol. The van der Waals surface area contributed by atoms with Gasteiger partial charge in [-0.3, -0.25) is 9.59 Å². The number of rotatable bonds is 12. The van der Waals surface area contributed by atoms with E-state index in [0.29, 0.717) is 33.9 Å². The van der Waals surface area contributed by atoms with Crippen LogP contribution in [0, 0.1) is 0 Å². The summed E-state index contributed by atoms with van der Waals surface area (Å²) in [5.41, 5.74) is 2.51. The van der Waals surface area contributed by atoms with Gasteiger partial charge in [-0.05, 0) is 97.1 Å². The highest BCUT2D eigenvalue weighted by Crippen LogP contribution is 2.28. The molecule has 2 heterocycles. The Morgan fingerprint density at radius 3 is 1.16 bits per heavy atom. The molecule has 0 bridgehead atoms. The van der Waals surface area contributed by atoms with Crippen LogP contribution in [-0.4, -0.2) is 127 Å². The van der Waals surface area contributed by atoms with E-state index in [2.05, 4.69) is 20.9 Å². The molecule has 2 saturated heterocycles. The minimum Gasteiger partial charge on any atom is -0.462 e. The topological polar surface area (TPSA) is 282 Å². The molecule has 0 spiro atoms. The number of aliphatic hydroxyl groups is 8. The van der Waals surface area contributed by atoms with Gasteiger partial charge in [0.1, 0.15) is 60.3 Å². The summed E-state index contributed by atoms with van der Waals surface area (Å²) in [6.07, 6.45) is -14.2. The Morgan fingerprint density at radius 1 is 0.500 bits per heavy atom. The number of nitrogens with zero attached hydrogens (tertiary/aromatic N) is 2. The van der Waals surface area contributed by atoms with E-state index in [9.17, 15) is 50.4 Å². The highest BCUT2D eigenvalue weighted by molar-refractivity contribution is 6.05. The number of nitrogens with one attached hydrogen (secondary N) is 2. The molecule has 56 heavy (non-hydrogen) atoms. The molecule has 18 nitrogen and oxygen atoms in total.